The average molecular weight is 159 g/mol. The van der Waals surface area contributed by atoms with Crippen LogP contribution in [0.15, 0.2) is 0 Å². The van der Waals surface area contributed by atoms with E-state index < -0.39 is 0 Å². The summed E-state index contributed by atoms with van der Waals surface area (Å²) < 4.78 is 0. The first-order valence-corrected chi connectivity index (χ1v) is 7.48. The van der Waals surface area contributed by atoms with E-state index in [1.165, 1.54) is 25.6 Å². The summed E-state index contributed by atoms with van der Waals surface area (Å²) in [5.41, 5.74) is 0. The van der Waals surface area contributed by atoms with Crippen LogP contribution >= 0.6 is 0 Å². The quantitative estimate of drug-likeness (QED) is 0.553. The van der Waals surface area contributed by atoms with Crippen LogP contribution in [0.1, 0.15) is 13.3 Å². The van der Waals surface area contributed by atoms with Crippen LogP contribution in [0, 0.1) is 0 Å². The van der Waals surface area contributed by atoms with Gasteiger partial charge in [0.2, 0.25) is 0 Å². The van der Waals surface area contributed by atoms with E-state index >= 15 is 0 Å². The third-order valence-corrected chi connectivity index (χ3v) is 3.11. The molecule has 0 unspecified atom stereocenters. The number of nitrogens with zero attached hydrogens (tertiary/aromatic N) is 1. The fraction of sp³-hybridized carbons (Fsp3) is 1.00. The smallest absolute Gasteiger partial charge is 0.0318 e. The van der Waals surface area contributed by atoms with E-state index in [1.807, 2.05) is 0 Å². The molecule has 62 valence electrons. The molecule has 0 saturated carbocycles. The Morgan fingerprint density at radius 1 is 1.20 bits per heavy atom. The van der Waals surface area contributed by atoms with Gasteiger partial charge < -0.3 is 4.90 Å². The van der Waals surface area contributed by atoms with Crippen LogP contribution in [0.2, 0.25) is 19.1 Å². The van der Waals surface area contributed by atoms with Crippen molar-refractivity contribution in [2.45, 2.75) is 32.5 Å². The Morgan fingerprint density at radius 3 is 2.20 bits per heavy atom. The molecule has 0 aliphatic carbocycles. The number of hydrogen-bond acceptors (Lipinski definition) is 1. The molecule has 0 amide bonds. The molecule has 0 rings (SSSR count). The fourth-order valence-corrected chi connectivity index (χ4v) is 1.93. The van der Waals surface area contributed by atoms with Gasteiger partial charge in [0, 0.05) is 8.80 Å². The second-order valence-electron chi connectivity index (χ2n) is 3.49. The van der Waals surface area contributed by atoms with Crippen molar-refractivity contribution in [1.29, 1.82) is 0 Å². The average Bonchev–Trinajstić information content (AvgIpc) is 1.85. The van der Waals surface area contributed by atoms with Gasteiger partial charge in [0.1, 0.15) is 0 Å². The van der Waals surface area contributed by atoms with Crippen LogP contribution in [-0.4, -0.2) is 33.8 Å². The highest BCUT2D eigenvalue weighted by Crippen LogP contribution is 1.94. The predicted octanol–water partition coefficient (Wildman–Crippen LogP) is 1.81. The van der Waals surface area contributed by atoms with Crippen molar-refractivity contribution in [3.8, 4) is 0 Å². The van der Waals surface area contributed by atoms with Crippen molar-refractivity contribution in [2.75, 3.05) is 20.1 Å². The van der Waals surface area contributed by atoms with Gasteiger partial charge in [-0.3, -0.25) is 0 Å². The minimum Gasteiger partial charge on any atom is -0.307 e. The van der Waals surface area contributed by atoms with Crippen molar-refractivity contribution in [1.82, 2.24) is 4.90 Å². The molecular formula is C8H21NSi. The van der Waals surface area contributed by atoms with E-state index in [9.17, 15) is 0 Å². The zero-order valence-corrected chi connectivity index (χ0v) is 9.01. The molecule has 0 fully saturated rings. The first-order chi connectivity index (χ1) is 4.66. The standard InChI is InChI=1S/C8H21NSi/c1-5-6-9(2)7-8-10(3)4/h10H,5-8H2,1-4H3. The molecule has 0 saturated heterocycles. The van der Waals surface area contributed by atoms with Crippen molar-refractivity contribution >= 4 is 8.80 Å². The van der Waals surface area contributed by atoms with Gasteiger partial charge in [-0.2, -0.15) is 0 Å². The molecule has 0 heterocycles. The minimum absolute atomic E-state index is 0.293. The second-order valence-corrected chi connectivity index (χ2v) is 6.85. The maximum Gasteiger partial charge on any atom is 0.0318 e. The molecule has 0 radical (unpaired) electrons. The van der Waals surface area contributed by atoms with E-state index in [0.717, 1.165) is 0 Å². The Kier molecular flexibility index (Phi) is 6.03. The summed E-state index contributed by atoms with van der Waals surface area (Å²) in [4.78, 5) is 2.44. The van der Waals surface area contributed by atoms with Gasteiger partial charge in [-0.05, 0) is 32.6 Å². The van der Waals surface area contributed by atoms with Crippen LogP contribution in [0.3, 0.4) is 0 Å². The lowest BCUT2D eigenvalue weighted by atomic mass is 10.4. The van der Waals surface area contributed by atoms with Crippen molar-refractivity contribution in [3.63, 3.8) is 0 Å². The van der Waals surface area contributed by atoms with E-state index in [-0.39, 0.29) is 8.80 Å². The van der Waals surface area contributed by atoms with E-state index in [2.05, 4.69) is 32.0 Å². The summed E-state index contributed by atoms with van der Waals surface area (Å²) >= 11 is 0. The van der Waals surface area contributed by atoms with E-state index in [0.29, 0.717) is 0 Å². The van der Waals surface area contributed by atoms with Gasteiger partial charge >= 0.3 is 0 Å². The molecule has 0 atom stereocenters. The van der Waals surface area contributed by atoms with Crippen LogP contribution < -0.4 is 0 Å². The molecule has 0 aromatic rings. The Hall–Kier alpha value is 0.177. The van der Waals surface area contributed by atoms with E-state index in [4.69, 9.17) is 0 Å². The van der Waals surface area contributed by atoms with Crippen LogP contribution in [0.4, 0.5) is 0 Å². The maximum absolute atomic E-state index is 2.44. The van der Waals surface area contributed by atoms with Crippen LogP contribution in [0.25, 0.3) is 0 Å². The summed E-state index contributed by atoms with van der Waals surface area (Å²) in [6.07, 6.45) is 1.29. The lowest BCUT2D eigenvalue weighted by Gasteiger charge is -2.15. The Balaban J connectivity index is 3.12. The molecule has 0 spiro atoms. The Morgan fingerprint density at radius 2 is 1.80 bits per heavy atom. The first kappa shape index (κ1) is 10.2. The molecule has 0 aliphatic heterocycles. The number of rotatable bonds is 5. The third kappa shape index (κ3) is 6.30. The molecule has 1 nitrogen and oxygen atoms in total. The summed E-state index contributed by atoms with van der Waals surface area (Å²) in [5.74, 6) is 0. The molecule has 0 N–H and O–H groups in total. The lowest BCUT2D eigenvalue weighted by molar-refractivity contribution is 0.352. The monoisotopic (exact) mass is 159 g/mol. The Bertz CT molecular complexity index is 73.7. The van der Waals surface area contributed by atoms with E-state index in [1.54, 1.807) is 0 Å². The van der Waals surface area contributed by atoms with Gasteiger partial charge in [0.05, 0.1) is 0 Å². The van der Waals surface area contributed by atoms with Gasteiger partial charge in [-0.25, -0.2) is 0 Å². The molecule has 0 aromatic heterocycles. The van der Waals surface area contributed by atoms with Crippen LogP contribution in [0.5, 0.6) is 0 Å². The number of hydrogen-bond donors (Lipinski definition) is 0. The highest BCUT2D eigenvalue weighted by atomic mass is 28.3. The molecule has 0 aliphatic rings. The summed E-state index contributed by atoms with van der Waals surface area (Å²) in [6.45, 7) is 9.65. The fourth-order valence-electron chi connectivity index (χ4n) is 0.972. The second kappa shape index (κ2) is 5.92. The molecular weight excluding hydrogens is 138 g/mol. The first-order valence-electron chi connectivity index (χ1n) is 4.35. The predicted molar refractivity (Wildman–Crippen MR) is 51.5 cm³/mol. The van der Waals surface area contributed by atoms with Gasteiger partial charge in [-0.15, -0.1) is 0 Å². The largest absolute Gasteiger partial charge is 0.307 e. The highest BCUT2D eigenvalue weighted by Gasteiger charge is 1.98. The highest BCUT2D eigenvalue weighted by molar-refractivity contribution is 6.55. The normalized spacial score (nSPS) is 11.4. The summed E-state index contributed by atoms with van der Waals surface area (Å²) in [7, 11) is 1.93. The topological polar surface area (TPSA) is 3.24 Å². The van der Waals surface area contributed by atoms with Gasteiger partial charge in [-0.1, -0.05) is 20.0 Å². The SMILES string of the molecule is CCCN(C)CC[SiH](C)C. The molecule has 10 heavy (non-hydrogen) atoms. The third-order valence-electron chi connectivity index (χ3n) is 1.69. The van der Waals surface area contributed by atoms with Gasteiger partial charge in [0.25, 0.3) is 0 Å². The molecule has 0 aromatic carbocycles. The maximum atomic E-state index is 2.44. The zero-order chi connectivity index (χ0) is 7.98. The lowest BCUT2D eigenvalue weighted by Crippen LogP contribution is -2.22. The van der Waals surface area contributed by atoms with Gasteiger partial charge in [0.15, 0.2) is 0 Å². The molecule has 0 bridgehead atoms. The Labute approximate surface area is 67.0 Å². The minimum atomic E-state index is -0.293. The van der Waals surface area contributed by atoms with Crippen molar-refractivity contribution in [3.05, 3.63) is 0 Å². The summed E-state index contributed by atoms with van der Waals surface area (Å²) in [6, 6.07) is 1.47. The summed E-state index contributed by atoms with van der Waals surface area (Å²) in [5, 5.41) is 0. The zero-order valence-electron chi connectivity index (χ0n) is 7.85. The molecule has 2 heteroatoms. The van der Waals surface area contributed by atoms with Crippen LogP contribution in [-0.2, 0) is 0 Å². The van der Waals surface area contributed by atoms with Crippen molar-refractivity contribution in [2.24, 2.45) is 0 Å². The van der Waals surface area contributed by atoms with Crippen molar-refractivity contribution < 1.29 is 0 Å².